The van der Waals surface area contributed by atoms with Crippen LogP contribution in [0, 0.1) is 0 Å². The minimum absolute atomic E-state index is 0.00111. The molecule has 0 fully saturated rings. The zero-order valence-electron chi connectivity index (χ0n) is 37.3. The van der Waals surface area contributed by atoms with Crippen molar-refractivity contribution >= 4 is 53.3 Å². The number of guanidine groups is 1. The van der Waals surface area contributed by atoms with Crippen molar-refractivity contribution in [2.75, 3.05) is 26.4 Å². The predicted octanol–water partition coefficient (Wildman–Crippen LogP) is -6.30. The number of aliphatic carboxylic acids is 1. The molecule has 0 spiro atoms. The van der Waals surface area contributed by atoms with Gasteiger partial charge in [-0.25, -0.2) is 9.78 Å². The first-order valence-electron chi connectivity index (χ1n) is 21.3. The van der Waals surface area contributed by atoms with Gasteiger partial charge in [0.1, 0.15) is 53.8 Å². The second-order valence-electron chi connectivity index (χ2n) is 15.6. The second-order valence-corrected chi connectivity index (χ2v) is 15.6. The number of H-pyrrole nitrogens is 1. The van der Waals surface area contributed by atoms with E-state index in [1.54, 1.807) is 12.1 Å². The molecular weight excluding hydrogens is 911 g/mol. The molecule has 1 aromatic heterocycles. The van der Waals surface area contributed by atoms with Crippen molar-refractivity contribution in [3.8, 4) is 11.5 Å². The minimum Gasteiger partial charge on any atom is -0.508 e. The van der Waals surface area contributed by atoms with Crippen LogP contribution in [0.25, 0.3) is 0 Å². The number of aliphatic hydroxyl groups is 3. The number of aromatic amines is 1. The van der Waals surface area contributed by atoms with Crippen LogP contribution < -0.4 is 54.4 Å². The highest BCUT2D eigenvalue weighted by Gasteiger charge is 2.34. The van der Waals surface area contributed by atoms with Gasteiger partial charge in [-0.3, -0.25) is 38.6 Å². The molecule has 0 unspecified atom stereocenters. The van der Waals surface area contributed by atoms with Gasteiger partial charge in [-0.2, -0.15) is 0 Å². The molecule has 376 valence electrons. The van der Waals surface area contributed by atoms with E-state index in [2.05, 4.69) is 52.2 Å². The van der Waals surface area contributed by atoms with Crippen molar-refractivity contribution in [2.24, 2.45) is 22.2 Å². The summed E-state index contributed by atoms with van der Waals surface area (Å²) in [5.74, 6) is -8.88. The molecule has 69 heavy (non-hydrogen) atoms. The maximum Gasteiger partial charge on any atom is 0.328 e. The van der Waals surface area contributed by atoms with E-state index in [9.17, 15) is 69.0 Å². The summed E-state index contributed by atoms with van der Waals surface area (Å²) >= 11 is 0. The Morgan fingerprint density at radius 2 is 1.03 bits per heavy atom. The van der Waals surface area contributed by atoms with Crippen LogP contribution in [0.2, 0.25) is 0 Å². The van der Waals surface area contributed by atoms with Crippen LogP contribution in [0.3, 0.4) is 0 Å². The van der Waals surface area contributed by atoms with Crippen molar-refractivity contribution in [3.63, 3.8) is 0 Å². The Kier molecular flexibility index (Phi) is 22.2. The largest absolute Gasteiger partial charge is 0.508 e. The standard InChI is InChI=1S/C42H59N13O14/c1-21(49-39(66)31(17-56)54-35(62)27(43)13-22-4-8-25(59)9-5-22)34(61)53-32(18-57)40(67)52-30(15-24-16-46-20-48-24)38(65)50-28(3-2-12-47-42(44)45)36(63)51-29(14-23-6-10-26(60)11-7-23)37(64)55-33(19-58)41(68)69/h4-11,16,20-21,27-33,56-60H,2-3,12-15,17-19,43H2,1H3,(H,46,48)(H,49,66)(H,50,65)(H,51,63)(H,52,67)(H,53,61)(H,54,62)(H,55,64)(H,68,69)(H4,44,45,47)/t21-,27-,28-,29-,30-,31-,32-,33-/m0/s1. The number of carboxylic acid groups (broad SMARTS) is 1. The number of aliphatic hydroxyl groups excluding tert-OH is 3. The lowest BCUT2D eigenvalue weighted by Crippen LogP contribution is -2.61. The molecule has 0 radical (unpaired) electrons. The lowest BCUT2D eigenvalue weighted by molar-refractivity contribution is -0.143. The zero-order chi connectivity index (χ0) is 51.2. The van der Waals surface area contributed by atoms with Gasteiger partial charge < -0.3 is 90.0 Å². The maximum atomic E-state index is 14.1. The number of nitrogens with zero attached hydrogens (tertiary/aromatic N) is 2. The highest BCUT2D eigenvalue weighted by molar-refractivity contribution is 5.97. The fraction of sp³-hybridized carbons (Fsp3) is 0.429. The van der Waals surface area contributed by atoms with Crippen LogP contribution in [0.15, 0.2) is 66.0 Å². The highest BCUT2D eigenvalue weighted by atomic mass is 16.4. The van der Waals surface area contributed by atoms with Crippen LogP contribution in [-0.2, 0) is 57.6 Å². The Morgan fingerprint density at radius 1 is 0.594 bits per heavy atom. The highest BCUT2D eigenvalue weighted by Crippen LogP contribution is 2.14. The Hall–Kier alpha value is -7.88. The predicted molar refractivity (Wildman–Crippen MR) is 242 cm³/mol. The molecule has 2 aromatic carbocycles. The van der Waals surface area contributed by atoms with E-state index in [4.69, 9.17) is 17.2 Å². The number of hydrogen-bond acceptors (Lipinski definition) is 16. The molecule has 7 amide bonds. The van der Waals surface area contributed by atoms with E-state index in [0.717, 1.165) is 0 Å². The number of imidazole rings is 1. The van der Waals surface area contributed by atoms with Crippen LogP contribution >= 0.6 is 0 Å². The minimum atomic E-state index is -1.75. The number of nitrogens with two attached hydrogens (primary N) is 3. The van der Waals surface area contributed by atoms with Crippen molar-refractivity contribution in [1.29, 1.82) is 0 Å². The van der Waals surface area contributed by atoms with Crippen LogP contribution in [0.5, 0.6) is 11.5 Å². The number of rotatable bonds is 28. The van der Waals surface area contributed by atoms with Crippen molar-refractivity contribution in [3.05, 3.63) is 77.9 Å². The Balaban J connectivity index is 1.77. The second kappa shape index (κ2) is 27.7. The van der Waals surface area contributed by atoms with Crippen molar-refractivity contribution in [2.45, 2.75) is 87.4 Å². The normalized spacial score (nSPS) is 14.4. The first-order chi connectivity index (χ1) is 32.7. The molecule has 3 rings (SSSR count). The smallest absolute Gasteiger partial charge is 0.328 e. The van der Waals surface area contributed by atoms with Crippen molar-refractivity contribution < 1.29 is 69.0 Å². The molecule has 0 aliphatic carbocycles. The Morgan fingerprint density at radius 3 is 1.52 bits per heavy atom. The summed E-state index contributed by atoms with van der Waals surface area (Å²) in [5, 5.41) is 74.6. The van der Waals surface area contributed by atoms with E-state index >= 15 is 0 Å². The van der Waals surface area contributed by atoms with E-state index < -0.39 is 115 Å². The fourth-order valence-corrected chi connectivity index (χ4v) is 6.27. The van der Waals surface area contributed by atoms with E-state index in [1.807, 2.05) is 0 Å². The monoisotopic (exact) mass is 969 g/mol. The number of nitrogens with one attached hydrogen (secondary N) is 8. The molecule has 8 atom stereocenters. The number of hydrogen-bond donors (Lipinski definition) is 17. The van der Waals surface area contributed by atoms with Gasteiger partial charge in [-0.15, -0.1) is 0 Å². The van der Waals surface area contributed by atoms with E-state index in [0.29, 0.717) is 16.8 Å². The lowest BCUT2D eigenvalue weighted by Gasteiger charge is -2.27. The summed E-state index contributed by atoms with van der Waals surface area (Å²) in [6.45, 7) is -1.73. The quantitative estimate of drug-likeness (QED) is 0.0183. The number of aromatic hydroxyl groups is 2. The summed E-state index contributed by atoms with van der Waals surface area (Å²) in [6.07, 6.45) is 1.97. The van der Waals surface area contributed by atoms with Crippen LogP contribution in [0.1, 0.15) is 36.6 Å². The summed E-state index contributed by atoms with van der Waals surface area (Å²) in [6, 6.07) is -0.843. The van der Waals surface area contributed by atoms with Gasteiger partial charge in [-0.1, -0.05) is 24.3 Å². The number of aromatic nitrogens is 2. The lowest BCUT2D eigenvalue weighted by atomic mass is 10.0. The van der Waals surface area contributed by atoms with Crippen LogP contribution in [0.4, 0.5) is 0 Å². The topological polar surface area (TPSA) is 461 Å². The van der Waals surface area contributed by atoms with Gasteiger partial charge in [0, 0.05) is 31.3 Å². The average Bonchev–Trinajstić information content (AvgIpc) is 3.83. The maximum absolute atomic E-state index is 14.1. The molecular formula is C42H59N13O14. The third-order valence-electron chi connectivity index (χ3n) is 10.1. The van der Waals surface area contributed by atoms with Crippen molar-refractivity contribution in [1.82, 2.24) is 47.2 Å². The number of carbonyl (C=O) groups is 8. The fourth-order valence-electron chi connectivity index (χ4n) is 6.27. The molecule has 0 saturated carbocycles. The van der Waals surface area contributed by atoms with E-state index in [1.165, 1.54) is 55.8 Å². The number of amides is 7. The Labute approximate surface area is 394 Å². The molecule has 3 aromatic rings. The Bertz CT molecular complexity index is 2230. The van der Waals surface area contributed by atoms with Gasteiger partial charge in [0.25, 0.3) is 0 Å². The third-order valence-corrected chi connectivity index (χ3v) is 10.1. The van der Waals surface area contributed by atoms with Gasteiger partial charge in [0.05, 0.1) is 32.2 Å². The first-order valence-corrected chi connectivity index (χ1v) is 21.3. The number of aliphatic imine (C=N–C) groups is 1. The number of phenols is 2. The average molecular weight is 970 g/mol. The molecule has 20 N–H and O–H groups in total. The molecule has 1 heterocycles. The zero-order valence-corrected chi connectivity index (χ0v) is 37.3. The van der Waals surface area contributed by atoms with Gasteiger partial charge in [0.2, 0.25) is 41.4 Å². The molecule has 0 saturated heterocycles. The summed E-state index contributed by atoms with van der Waals surface area (Å²) < 4.78 is 0. The summed E-state index contributed by atoms with van der Waals surface area (Å²) in [5.41, 5.74) is 18.2. The number of phenolic OH excluding ortho intramolecular Hbond substituents is 2. The van der Waals surface area contributed by atoms with Gasteiger partial charge in [-0.05, 0) is 61.6 Å². The molecule has 0 aliphatic rings. The van der Waals surface area contributed by atoms with Gasteiger partial charge >= 0.3 is 5.97 Å². The number of carboxylic acids is 1. The molecule has 0 aliphatic heterocycles. The SMILES string of the molecule is C[C@H](NC(=O)[C@H](CO)NC(=O)[C@@H](N)Cc1ccc(O)cc1)C(=O)N[C@@H](CO)C(=O)N[C@@H](Cc1cnc[nH]1)C(=O)N[C@@H](CCCN=C(N)N)C(=O)N[C@@H](Cc1ccc(O)cc1)C(=O)N[C@@H](CO)C(=O)O. The van der Waals surface area contributed by atoms with Crippen LogP contribution in [-0.4, -0.2) is 169 Å². The summed E-state index contributed by atoms with van der Waals surface area (Å²) in [7, 11) is 0. The van der Waals surface area contributed by atoms with Gasteiger partial charge in [0.15, 0.2) is 5.96 Å². The third kappa shape index (κ3) is 18.7. The summed E-state index contributed by atoms with van der Waals surface area (Å²) in [4.78, 5) is 116. The van der Waals surface area contributed by atoms with E-state index in [-0.39, 0.29) is 56.1 Å². The molecule has 27 nitrogen and oxygen atoms in total. The number of benzene rings is 2. The molecule has 0 bridgehead atoms. The number of carbonyl (C=O) groups excluding carboxylic acids is 7. The first kappa shape index (κ1) is 55.4. The molecule has 27 heteroatoms.